The highest BCUT2D eigenvalue weighted by molar-refractivity contribution is 7.15. The van der Waals surface area contributed by atoms with E-state index in [-0.39, 0.29) is 17.4 Å². The smallest absolute Gasteiger partial charge is 0.258 e. The van der Waals surface area contributed by atoms with E-state index in [0.29, 0.717) is 23.2 Å². The van der Waals surface area contributed by atoms with Gasteiger partial charge in [0.05, 0.1) is 17.3 Å². The van der Waals surface area contributed by atoms with Crippen LogP contribution in [0.3, 0.4) is 0 Å². The van der Waals surface area contributed by atoms with Crippen LogP contribution in [0.4, 0.5) is 5.13 Å². The molecule has 0 saturated carbocycles. The SMILES string of the molecule is Cc1csc(NC(=O)[C@H]2CCCN(Cc3cc(=O)n4ccsc4n3)C2)n1. The van der Waals surface area contributed by atoms with E-state index in [4.69, 9.17) is 0 Å². The minimum absolute atomic E-state index is 0.0192. The molecule has 1 N–H and O–H groups in total. The van der Waals surface area contributed by atoms with Gasteiger partial charge >= 0.3 is 0 Å². The molecule has 1 aliphatic heterocycles. The highest BCUT2D eigenvalue weighted by Crippen LogP contribution is 2.21. The molecule has 1 amide bonds. The van der Waals surface area contributed by atoms with Gasteiger partial charge in [-0.3, -0.25) is 18.9 Å². The number of hydrogen-bond acceptors (Lipinski definition) is 7. The predicted octanol–water partition coefficient (Wildman–Crippen LogP) is 2.37. The fraction of sp³-hybridized carbons (Fsp3) is 0.412. The average molecular weight is 390 g/mol. The number of nitrogens with zero attached hydrogens (tertiary/aromatic N) is 4. The number of carbonyl (C=O) groups excluding carboxylic acids is 1. The second kappa shape index (κ2) is 7.26. The molecule has 4 heterocycles. The summed E-state index contributed by atoms with van der Waals surface area (Å²) in [5.41, 5.74) is 1.61. The van der Waals surface area contributed by atoms with Gasteiger partial charge in [0, 0.05) is 36.1 Å². The van der Waals surface area contributed by atoms with E-state index in [9.17, 15) is 9.59 Å². The summed E-state index contributed by atoms with van der Waals surface area (Å²) in [7, 11) is 0. The standard InChI is InChI=1S/C17H19N5O2S2/c1-11-10-26-16(18-11)20-15(24)12-3-2-4-21(8-12)9-13-7-14(23)22-5-6-25-17(22)19-13/h5-7,10,12H,2-4,8-9H2,1H3,(H,18,20,24)/t12-/m0/s1. The summed E-state index contributed by atoms with van der Waals surface area (Å²) < 4.78 is 1.55. The summed E-state index contributed by atoms with van der Waals surface area (Å²) in [6.45, 7) is 4.07. The lowest BCUT2D eigenvalue weighted by atomic mass is 9.97. The lowest BCUT2D eigenvalue weighted by molar-refractivity contribution is -0.121. The number of aryl methyl sites for hydroxylation is 1. The third-order valence-electron chi connectivity index (χ3n) is 4.47. The Morgan fingerprint density at radius 2 is 2.27 bits per heavy atom. The van der Waals surface area contributed by atoms with Crippen molar-refractivity contribution in [3.63, 3.8) is 0 Å². The fourth-order valence-corrected chi connectivity index (χ4v) is 4.66. The molecule has 136 valence electrons. The molecule has 0 bridgehead atoms. The molecule has 1 atom stereocenters. The molecule has 0 radical (unpaired) electrons. The monoisotopic (exact) mass is 389 g/mol. The summed E-state index contributed by atoms with van der Waals surface area (Å²) in [6, 6.07) is 1.59. The van der Waals surface area contributed by atoms with Crippen LogP contribution in [0, 0.1) is 12.8 Å². The number of thiazole rings is 2. The maximum atomic E-state index is 12.5. The van der Waals surface area contributed by atoms with Crippen LogP contribution in [0.2, 0.25) is 0 Å². The first-order valence-corrected chi connectivity index (χ1v) is 10.3. The quantitative estimate of drug-likeness (QED) is 0.741. The van der Waals surface area contributed by atoms with Gasteiger partial charge in [0.1, 0.15) is 0 Å². The van der Waals surface area contributed by atoms with Gasteiger partial charge in [-0.25, -0.2) is 9.97 Å². The zero-order valence-electron chi connectivity index (χ0n) is 14.3. The number of piperidine rings is 1. The molecule has 26 heavy (non-hydrogen) atoms. The average Bonchev–Trinajstić information content (AvgIpc) is 3.24. The van der Waals surface area contributed by atoms with Crippen LogP contribution >= 0.6 is 22.7 Å². The Hall–Kier alpha value is -2.10. The molecule has 1 saturated heterocycles. The summed E-state index contributed by atoms with van der Waals surface area (Å²) in [5.74, 6) is -0.0506. The van der Waals surface area contributed by atoms with Crippen molar-refractivity contribution in [1.29, 1.82) is 0 Å². The molecule has 3 aromatic rings. The number of hydrogen-bond donors (Lipinski definition) is 1. The second-order valence-corrected chi connectivity index (χ2v) is 8.23. The maximum absolute atomic E-state index is 12.5. The Labute approximate surface area is 158 Å². The molecule has 0 aliphatic carbocycles. The van der Waals surface area contributed by atoms with E-state index < -0.39 is 0 Å². The minimum Gasteiger partial charge on any atom is -0.302 e. The molecule has 9 heteroatoms. The van der Waals surface area contributed by atoms with Crippen molar-refractivity contribution >= 4 is 38.7 Å². The van der Waals surface area contributed by atoms with E-state index in [1.165, 1.54) is 22.7 Å². The Bertz CT molecular complexity index is 992. The van der Waals surface area contributed by atoms with Gasteiger partial charge in [0.2, 0.25) is 5.91 Å². The van der Waals surface area contributed by atoms with Crippen LogP contribution in [0.25, 0.3) is 4.96 Å². The lowest BCUT2D eigenvalue weighted by Crippen LogP contribution is -2.40. The zero-order chi connectivity index (χ0) is 18.1. The highest BCUT2D eigenvalue weighted by atomic mass is 32.1. The van der Waals surface area contributed by atoms with Crippen molar-refractivity contribution in [2.45, 2.75) is 26.3 Å². The fourth-order valence-electron chi connectivity index (χ4n) is 3.23. The Morgan fingerprint density at radius 1 is 1.38 bits per heavy atom. The third-order valence-corrected chi connectivity index (χ3v) is 6.10. The molecule has 0 unspecified atom stereocenters. The number of aromatic nitrogens is 3. The van der Waals surface area contributed by atoms with Crippen molar-refractivity contribution in [1.82, 2.24) is 19.3 Å². The van der Waals surface area contributed by atoms with Gasteiger partial charge in [-0.1, -0.05) is 0 Å². The molecular weight excluding hydrogens is 370 g/mol. The van der Waals surface area contributed by atoms with E-state index >= 15 is 0 Å². The van der Waals surface area contributed by atoms with Crippen molar-refractivity contribution in [3.05, 3.63) is 44.8 Å². The number of anilines is 1. The van der Waals surface area contributed by atoms with Gasteiger partial charge < -0.3 is 5.32 Å². The Morgan fingerprint density at radius 3 is 3.08 bits per heavy atom. The molecule has 1 fully saturated rings. The molecule has 3 aromatic heterocycles. The number of rotatable bonds is 4. The first-order chi connectivity index (χ1) is 12.6. The first kappa shape index (κ1) is 17.3. The first-order valence-electron chi connectivity index (χ1n) is 8.49. The molecule has 0 aromatic carbocycles. The second-order valence-electron chi connectivity index (χ2n) is 6.50. The van der Waals surface area contributed by atoms with Crippen LogP contribution in [0.1, 0.15) is 24.2 Å². The summed E-state index contributed by atoms with van der Waals surface area (Å²) in [5, 5.41) is 7.36. The number of carbonyl (C=O) groups is 1. The normalized spacial score (nSPS) is 18.3. The minimum atomic E-state index is -0.0699. The number of likely N-dealkylation sites (tertiary alicyclic amines) is 1. The summed E-state index contributed by atoms with van der Waals surface area (Å²) >= 11 is 2.90. The van der Waals surface area contributed by atoms with Crippen LogP contribution in [-0.4, -0.2) is 38.3 Å². The van der Waals surface area contributed by atoms with Crippen molar-refractivity contribution < 1.29 is 4.79 Å². The summed E-state index contributed by atoms with van der Waals surface area (Å²) in [6.07, 6.45) is 3.56. The Balaban J connectivity index is 1.42. The molecule has 7 nitrogen and oxygen atoms in total. The van der Waals surface area contributed by atoms with E-state index in [1.54, 1.807) is 16.7 Å². The van der Waals surface area contributed by atoms with Crippen molar-refractivity contribution in [3.8, 4) is 0 Å². The Kier molecular flexibility index (Phi) is 4.84. The third kappa shape index (κ3) is 3.69. The predicted molar refractivity (Wildman–Crippen MR) is 103 cm³/mol. The van der Waals surface area contributed by atoms with Crippen LogP contribution in [0.5, 0.6) is 0 Å². The van der Waals surface area contributed by atoms with Crippen LogP contribution in [0.15, 0.2) is 27.8 Å². The van der Waals surface area contributed by atoms with Gasteiger partial charge in [-0.2, -0.15) is 0 Å². The number of nitrogens with one attached hydrogen (secondary N) is 1. The van der Waals surface area contributed by atoms with Gasteiger partial charge in [-0.05, 0) is 26.3 Å². The zero-order valence-corrected chi connectivity index (χ0v) is 16.0. The lowest BCUT2D eigenvalue weighted by Gasteiger charge is -2.31. The van der Waals surface area contributed by atoms with Crippen molar-refractivity contribution in [2.24, 2.45) is 5.92 Å². The molecular formula is C17H19N5O2S2. The number of fused-ring (bicyclic) bond motifs is 1. The van der Waals surface area contributed by atoms with Crippen LogP contribution < -0.4 is 10.9 Å². The highest BCUT2D eigenvalue weighted by Gasteiger charge is 2.26. The van der Waals surface area contributed by atoms with Gasteiger partial charge in [0.25, 0.3) is 5.56 Å². The van der Waals surface area contributed by atoms with E-state index in [0.717, 1.165) is 30.8 Å². The topological polar surface area (TPSA) is 79.6 Å². The number of amides is 1. The van der Waals surface area contributed by atoms with Crippen molar-refractivity contribution in [2.75, 3.05) is 18.4 Å². The van der Waals surface area contributed by atoms with Gasteiger partial charge in [0.15, 0.2) is 10.1 Å². The van der Waals surface area contributed by atoms with Gasteiger partial charge in [-0.15, -0.1) is 22.7 Å². The molecule has 1 aliphatic rings. The molecule has 4 rings (SSSR count). The summed E-state index contributed by atoms with van der Waals surface area (Å²) in [4.78, 5) is 36.4. The maximum Gasteiger partial charge on any atom is 0.258 e. The van der Waals surface area contributed by atoms with Crippen LogP contribution in [-0.2, 0) is 11.3 Å². The molecule has 0 spiro atoms. The van der Waals surface area contributed by atoms with E-state index in [1.807, 2.05) is 17.7 Å². The van der Waals surface area contributed by atoms with E-state index in [2.05, 4.69) is 20.2 Å². The largest absolute Gasteiger partial charge is 0.302 e.